The number of hydrogen-bond donors (Lipinski definition) is 1. The molecule has 1 aliphatic heterocycles. The van der Waals surface area contributed by atoms with Crippen LogP contribution in [0, 0.1) is 17.1 Å². The lowest BCUT2D eigenvalue weighted by atomic mass is 10.0. The first-order valence-electron chi connectivity index (χ1n) is 11.0. The van der Waals surface area contributed by atoms with Crippen molar-refractivity contribution in [1.82, 2.24) is 14.5 Å². The number of rotatable bonds is 4. The number of halogens is 4. The molecule has 1 unspecified atom stereocenters. The molecule has 3 aromatic rings. The topological polar surface area (TPSA) is 91.0 Å². The third kappa shape index (κ3) is 4.79. The van der Waals surface area contributed by atoms with Crippen molar-refractivity contribution in [3.05, 3.63) is 92.1 Å². The molecule has 0 radical (unpaired) electrons. The summed E-state index contributed by atoms with van der Waals surface area (Å²) in [6, 6.07) is 9.67. The molecule has 1 aliphatic rings. The molecular weight excluding hydrogens is 478 g/mol. The van der Waals surface area contributed by atoms with Crippen molar-refractivity contribution in [1.29, 1.82) is 5.26 Å². The average Bonchev–Trinajstić information content (AvgIpc) is 2.86. The zero-order valence-corrected chi connectivity index (χ0v) is 19.4. The zero-order chi connectivity index (χ0) is 26.2. The minimum atomic E-state index is -4.43. The smallest absolute Gasteiger partial charge is 0.349 e. The van der Waals surface area contributed by atoms with Crippen LogP contribution in [0.3, 0.4) is 0 Å². The van der Waals surface area contributed by atoms with E-state index in [0.717, 1.165) is 18.2 Å². The zero-order valence-electron chi connectivity index (χ0n) is 19.4. The lowest BCUT2D eigenvalue weighted by Gasteiger charge is -2.29. The number of fused-ring (bicyclic) bond motifs is 1. The molecule has 1 amide bonds. The highest BCUT2D eigenvalue weighted by molar-refractivity contribution is 5.94. The first-order valence-corrected chi connectivity index (χ1v) is 11.0. The van der Waals surface area contributed by atoms with Gasteiger partial charge >= 0.3 is 6.18 Å². The molecule has 2 heterocycles. The summed E-state index contributed by atoms with van der Waals surface area (Å²) in [5.74, 6) is -1.17. The second-order valence-electron chi connectivity index (χ2n) is 8.49. The Labute approximate surface area is 203 Å². The first kappa shape index (κ1) is 24.9. The van der Waals surface area contributed by atoms with Gasteiger partial charge < -0.3 is 10.2 Å². The van der Waals surface area contributed by atoms with Crippen LogP contribution in [-0.4, -0.2) is 26.9 Å². The monoisotopic (exact) mass is 499 g/mol. The van der Waals surface area contributed by atoms with Gasteiger partial charge in [0.25, 0.3) is 11.5 Å². The number of hydrogen-bond acceptors (Lipinski definition) is 5. The standard InChI is InChI=1S/C25H21F4N5O2/c1-14(16-4-6-17(7-5-16)25(27,28)29)31-24-32-21-9-10-34(13-19(21)22(35)33(24)2)23(36)18-8-3-15(12-30)11-20(18)26/h3-8,11,14H,9-10,13H2,1-2H3,(H,31,32). The summed E-state index contributed by atoms with van der Waals surface area (Å²) < 4.78 is 54.1. The Kier molecular flexibility index (Phi) is 6.54. The molecule has 0 bridgehead atoms. The average molecular weight is 499 g/mol. The number of carbonyl (C=O) groups is 1. The maximum atomic E-state index is 14.3. The van der Waals surface area contributed by atoms with Crippen molar-refractivity contribution < 1.29 is 22.4 Å². The van der Waals surface area contributed by atoms with Gasteiger partial charge in [0.15, 0.2) is 0 Å². The van der Waals surface area contributed by atoms with E-state index in [1.54, 1.807) is 6.92 Å². The molecule has 0 saturated heterocycles. The predicted molar refractivity (Wildman–Crippen MR) is 123 cm³/mol. The minimum Gasteiger partial charge on any atom is -0.349 e. The van der Waals surface area contributed by atoms with Crippen LogP contribution in [0.25, 0.3) is 0 Å². The van der Waals surface area contributed by atoms with Gasteiger partial charge in [0, 0.05) is 20.0 Å². The molecule has 186 valence electrons. The van der Waals surface area contributed by atoms with Gasteiger partial charge in [-0.15, -0.1) is 0 Å². The lowest BCUT2D eigenvalue weighted by Crippen LogP contribution is -2.41. The maximum absolute atomic E-state index is 14.3. The van der Waals surface area contributed by atoms with Crippen LogP contribution in [0.1, 0.15) is 51.3 Å². The summed E-state index contributed by atoms with van der Waals surface area (Å²) in [6.07, 6.45) is -4.17. The number of benzene rings is 2. The largest absolute Gasteiger partial charge is 0.416 e. The van der Waals surface area contributed by atoms with Crippen molar-refractivity contribution in [3.63, 3.8) is 0 Å². The fraction of sp³-hybridized carbons (Fsp3) is 0.280. The highest BCUT2D eigenvalue weighted by atomic mass is 19.4. The quantitative estimate of drug-likeness (QED) is 0.544. The second-order valence-corrected chi connectivity index (χ2v) is 8.49. The molecule has 2 aromatic carbocycles. The molecule has 7 nitrogen and oxygen atoms in total. The molecule has 1 aromatic heterocycles. The predicted octanol–water partition coefficient (Wildman–Crippen LogP) is 4.18. The summed E-state index contributed by atoms with van der Waals surface area (Å²) in [7, 11) is 1.50. The van der Waals surface area contributed by atoms with E-state index in [4.69, 9.17) is 5.26 Å². The van der Waals surface area contributed by atoms with E-state index >= 15 is 0 Å². The fourth-order valence-corrected chi connectivity index (χ4v) is 4.04. The number of alkyl halides is 3. The summed E-state index contributed by atoms with van der Waals surface area (Å²) >= 11 is 0. The fourth-order valence-electron chi connectivity index (χ4n) is 4.04. The molecule has 36 heavy (non-hydrogen) atoms. The number of carbonyl (C=O) groups excluding carboxylic acids is 1. The lowest BCUT2D eigenvalue weighted by molar-refractivity contribution is -0.137. The minimum absolute atomic E-state index is 0.0536. The van der Waals surface area contributed by atoms with Crippen molar-refractivity contribution in [2.75, 3.05) is 11.9 Å². The SMILES string of the molecule is CC(Nc1nc2c(c(=O)n1C)CN(C(=O)c1ccc(C#N)cc1F)CC2)c1ccc(C(F)(F)F)cc1. The molecule has 4 rings (SSSR count). The molecule has 0 spiro atoms. The second kappa shape index (κ2) is 9.45. The molecule has 0 saturated carbocycles. The van der Waals surface area contributed by atoms with Gasteiger partial charge in [0.1, 0.15) is 5.82 Å². The Bertz CT molecular complexity index is 1420. The van der Waals surface area contributed by atoms with E-state index in [-0.39, 0.29) is 42.1 Å². The van der Waals surface area contributed by atoms with Gasteiger partial charge in [0.2, 0.25) is 5.95 Å². The van der Waals surface area contributed by atoms with E-state index in [1.165, 1.54) is 40.8 Å². The number of nitrogens with zero attached hydrogens (tertiary/aromatic N) is 4. The van der Waals surface area contributed by atoms with Crippen LogP contribution in [-0.2, 0) is 26.2 Å². The molecule has 1 atom stereocenters. The Morgan fingerprint density at radius 2 is 1.89 bits per heavy atom. The molecular formula is C25H21F4N5O2. The van der Waals surface area contributed by atoms with Crippen molar-refractivity contribution in [2.45, 2.75) is 32.1 Å². The highest BCUT2D eigenvalue weighted by Gasteiger charge is 2.30. The van der Waals surface area contributed by atoms with Gasteiger partial charge in [-0.1, -0.05) is 12.1 Å². The van der Waals surface area contributed by atoms with E-state index in [0.29, 0.717) is 16.8 Å². The summed E-state index contributed by atoms with van der Waals surface area (Å²) in [5, 5.41) is 12.0. The van der Waals surface area contributed by atoms with E-state index < -0.39 is 29.5 Å². The molecule has 1 N–H and O–H groups in total. The van der Waals surface area contributed by atoms with Gasteiger partial charge in [0.05, 0.1) is 46.6 Å². The Morgan fingerprint density at radius 1 is 1.19 bits per heavy atom. The third-order valence-electron chi connectivity index (χ3n) is 6.14. The molecule has 0 fully saturated rings. The van der Waals surface area contributed by atoms with Crippen molar-refractivity contribution >= 4 is 11.9 Å². The van der Waals surface area contributed by atoms with Crippen LogP contribution < -0.4 is 10.9 Å². The molecule has 11 heteroatoms. The van der Waals surface area contributed by atoms with Crippen molar-refractivity contribution in [2.24, 2.45) is 7.05 Å². The highest BCUT2D eigenvalue weighted by Crippen LogP contribution is 2.30. The Balaban J connectivity index is 1.54. The van der Waals surface area contributed by atoms with Crippen LogP contribution in [0.4, 0.5) is 23.5 Å². The van der Waals surface area contributed by atoms with Crippen LogP contribution >= 0.6 is 0 Å². The third-order valence-corrected chi connectivity index (χ3v) is 6.14. The summed E-state index contributed by atoms with van der Waals surface area (Å²) in [5.41, 5.74) is 0.139. The van der Waals surface area contributed by atoms with E-state index in [1.807, 2.05) is 6.07 Å². The number of aromatic nitrogens is 2. The van der Waals surface area contributed by atoms with Gasteiger partial charge in [-0.2, -0.15) is 18.4 Å². The van der Waals surface area contributed by atoms with Crippen LogP contribution in [0.2, 0.25) is 0 Å². The van der Waals surface area contributed by atoms with Crippen LogP contribution in [0.15, 0.2) is 47.3 Å². The van der Waals surface area contributed by atoms with Crippen LogP contribution in [0.5, 0.6) is 0 Å². The molecule has 0 aliphatic carbocycles. The Morgan fingerprint density at radius 3 is 2.50 bits per heavy atom. The summed E-state index contributed by atoms with van der Waals surface area (Å²) in [6.45, 7) is 1.89. The van der Waals surface area contributed by atoms with E-state index in [2.05, 4.69) is 10.3 Å². The number of nitrogens with one attached hydrogen (secondary N) is 1. The number of nitriles is 1. The number of anilines is 1. The Hall–Kier alpha value is -4.20. The van der Waals surface area contributed by atoms with E-state index in [9.17, 15) is 27.2 Å². The van der Waals surface area contributed by atoms with Gasteiger partial charge in [-0.05, 0) is 42.8 Å². The maximum Gasteiger partial charge on any atom is 0.416 e. The van der Waals surface area contributed by atoms with Crippen molar-refractivity contribution in [3.8, 4) is 6.07 Å². The first-order chi connectivity index (χ1) is 17.0. The van der Waals surface area contributed by atoms with Gasteiger partial charge in [-0.3, -0.25) is 14.2 Å². The van der Waals surface area contributed by atoms with Gasteiger partial charge in [-0.25, -0.2) is 9.37 Å². The summed E-state index contributed by atoms with van der Waals surface area (Å²) in [4.78, 5) is 31.8. The normalized spacial score (nSPS) is 14.1. The number of amides is 1.